The van der Waals surface area contributed by atoms with Crippen molar-refractivity contribution in [2.24, 2.45) is 5.73 Å². The molecule has 1 aromatic carbocycles. The molecule has 1 aromatic rings. The Morgan fingerprint density at radius 2 is 2.05 bits per heavy atom. The summed E-state index contributed by atoms with van der Waals surface area (Å²) in [5.41, 5.74) is 5.64. The van der Waals surface area contributed by atoms with E-state index >= 15 is 0 Å². The Kier molecular flexibility index (Phi) is 4.44. The maximum atomic E-state index is 12.5. The van der Waals surface area contributed by atoms with Crippen LogP contribution in [0, 0.1) is 0 Å². The molecule has 0 radical (unpaired) electrons. The van der Waals surface area contributed by atoms with E-state index in [1.54, 1.807) is 24.3 Å². The van der Waals surface area contributed by atoms with Crippen LogP contribution in [0.3, 0.4) is 0 Å². The second-order valence-corrected chi connectivity index (χ2v) is 6.44. The number of hydrogen-bond acceptors (Lipinski definition) is 4. The van der Waals surface area contributed by atoms with Crippen molar-refractivity contribution >= 4 is 10.0 Å². The zero-order chi connectivity index (χ0) is 13.9. The zero-order valence-corrected chi connectivity index (χ0v) is 11.9. The number of rotatable bonds is 5. The maximum Gasteiger partial charge on any atom is 0.243 e. The van der Waals surface area contributed by atoms with Crippen LogP contribution in [0.1, 0.15) is 19.8 Å². The molecule has 0 aliphatic carbocycles. The summed E-state index contributed by atoms with van der Waals surface area (Å²) in [5, 5.41) is 0. The molecule has 106 valence electrons. The standard InChI is InChI=1S/C13H20N2O3S/c1-2-18-12-5-7-13(8-6-12)19(16,17)15-9-3-4-11(15)10-14/h5-8,11H,2-4,9-10,14H2,1H3. The smallest absolute Gasteiger partial charge is 0.243 e. The first kappa shape index (κ1) is 14.3. The summed E-state index contributed by atoms with van der Waals surface area (Å²) in [7, 11) is -3.43. The molecule has 1 fully saturated rings. The van der Waals surface area contributed by atoms with E-state index in [0.29, 0.717) is 30.3 Å². The van der Waals surface area contributed by atoms with Crippen molar-refractivity contribution in [2.75, 3.05) is 19.7 Å². The highest BCUT2D eigenvalue weighted by atomic mass is 32.2. The van der Waals surface area contributed by atoms with Crippen molar-refractivity contribution in [1.29, 1.82) is 0 Å². The molecule has 0 aromatic heterocycles. The Bertz CT molecular complexity index is 513. The molecule has 0 saturated carbocycles. The summed E-state index contributed by atoms with van der Waals surface area (Å²) in [6.07, 6.45) is 1.71. The molecule has 2 N–H and O–H groups in total. The van der Waals surface area contributed by atoms with Crippen LogP contribution in [0.2, 0.25) is 0 Å². The molecule has 1 unspecified atom stereocenters. The van der Waals surface area contributed by atoms with Gasteiger partial charge in [-0.05, 0) is 44.0 Å². The first-order valence-corrected chi connectivity index (χ1v) is 7.98. The fourth-order valence-corrected chi connectivity index (χ4v) is 4.08. The molecule has 1 saturated heterocycles. The quantitative estimate of drug-likeness (QED) is 0.881. The molecule has 19 heavy (non-hydrogen) atoms. The fraction of sp³-hybridized carbons (Fsp3) is 0.538. The summed E-state index contributed by atoms with van der Waals surface area (Å²) >= 11 is 0. The van der Waals surface area contributed by atoms with Crippen LogP contribution in [-0.2, 0) is 10.0 Å². The molecule has 1 aliphatic heterocycles. The Labute approximate surface area is 114 Å². The van der Waals surface area contributed by atoms with Crippen molar-refractivity contribution in [3.63, 3.8) is 0 Å². The number of benzene rings is 1. The van der Waals surface area contributed by atoms with Gasteiger partial charge >= 0.3 is 0 Å². The van der Waals surface area contributed by atoms with Gasteiger partial charge in [0.1, 0.15) is 5.75 Å². The van der Waals surface area contributed by atoms with Crippen molar-refractivity contribution < 1.29 is 13.2 Å². The average molecular weight is 284 g/mol. The van der Waals surface area contributed by atoms with Crippen molar-refractivity contribution in [3.8, 4) is 5.75 Å². The Morgan fingerprint density at radius 1 is 1.37 bits per heavy atom. The minimum absolute atomic E-state index is 0.0726. The second kappa shape index (κ2) is 5.90. The molecule has 5 nitrogen and oxygen atoms in total. The van der Waals surface area contributed by atoms with Crippen LogP contribution < -0.4 is 10.5 Å². The van der Waals surface area contributed by atoms with Gasteiger partial charge in [-0.2, -0.15) is 4.31 Å². The molecular weight excluding hydrogens is 264 g/mol. The third-order valence-electron chi connectivity index (χ3n) is 3.34. The van der Waals surface area contributed by atoms with E-state index in [9.17, 15) is 8.42 Å². The highest BCUT2D eigenvalue weighted by Crippen LogP contribution is 2.26. The minimum Gasteiger partial charge on any atom is -0.494 e. The number of nitrogens with zero attached hydrogens (tertiary/aromatic N) is 1. The molecule has 2 rings (SSSR count). The molecule has 1 atom stereocenters. The molecule has 1 heterocycles. The minimum atomic E-state index is -3.43. The number of ether oxygens (including phenoxy) is 1. The van der Waals surface area contributed by atoms with Crippen LogP contribution in [0.4, 0.5) is 0 Å². The lowest BCUT2D eigenvalue weighted by Crippen LogP contribution is -2.39. The van der Waals surface area contributed by atoms with E-state index in [2.05, 4.69) is 0 Å². The third-order valence-corrected chi connectivity index (χ3v) is 5.30. The lowest BCUT2D eigenvalue weighted by Gasteiger charge is -2.22. The number of nitrogens with two attached hydrogens (primary N) is 1. The predicted octanol–water partition coefficient (Wildman–Crippen LogP) is 1.20. The molecule has 0 bridgehead atoms. The summed E-state index contributed by atoms with van der Waals surface area (Å²) in [4.78, 5) is 0.302. The Hall–Kier alpha value is -1.11. The molecule has 1 aliphatic rings. The number of hydrogen-bond donors (Lipinski definition) is 1. The highest BCUT2D eigenvalue weighted by Gasteiger charge is 2.34. The number of sulfonamides is 1. The summed E-state index contributed by atoms with van der Waals surface area (Å²) in [6.45, 7) is 3.38. The van der Waals surface area contributed by atoms with E-state index in [1.807, 2.05) is 6.92 Å². The maximum absolute atomic E-state index is 12.5. The second-order valence-electron chi connectivity index (χ2n) is 4.55. The van der Waals surface area contributed by atoms with Gasteiger partial charge in [0.05, 0.1) is 11.5 Å². The van der Waals surface area contributed by atoms with Crippen LogP contribution in [0.15, 0.2) is 29.2 Å². The van der Waals surface area contributed by atoms with Crippen LogP contribution in [0.25, 0.3) is 0 Å². The molecule has 6 heteroatoms. The van der Waals surface area contributed by atoms with Gasteiger partial charge in [0.15, 0.2) is 0 Å². The van der Waals surface area contributed by atoms with Crippen LogP contribution in [0.5, 0.6) is 5.75 Å². The van der Waals surface area contributed by atoms with Gasteiger partial charge in [-0.25, -0.2) is 8.42 Å². The van der Waals surface area contributed by atoms with Gasteiger partial charge in [0.25, 0.3) is 0 Å². The first-order chi connectivity index (χ1) is 9.09. The van der Waals surface area contributed by atoms with E-state index in [-0.39, 0.29) is 6.04 Å². The van der Waals surface area contributed by atoms with Gasteiger partial charge < -0.3 is 10.5 Å². The average Bonchev–Trinajstić information content (AvgIpc) is 2.89. The fourth-order valence-electron chi connectivity index (χ4n) is 2.37. The van der Waals surface area contributed by atoms with Crippen molar-refractivity contribution in [2.45, 2.75) is 30.7 Å². The Morgan fingerprint density at radius 3 is 2.63 bits per heavy atom. The molecular formula is C13H20N2O3S. The van der Waals surface area contributed by atoms with Gasteiger partial charge in [-0.1, -0.05) is 0 Å². The SMILES string of the molecule is CCOc1ccc(S(=O)(=O)N2CCCC2CN)cc1. The van der Waals surface area contributed by atoms with E-state index < -0.39 is 10.0 Å². The predicted molar refractivity (Wildman–Crippen MR) is 73.6 cm³/mol. The van der Waals surface area contributed by atoms with E-state index in [4.69, 9.17) is 10.5 Å². The first-order valence-electron chi connectivity index (χ1n) is 6.54. The largest absolute Gasteiger partial charge is 0.494 e. The molecule has 0 spiro atoms. The monoisotopic (exact) mass is 284 g/mol. The highest BCUT2D eigenvalue weighted by molar-refractivity contribution is 7.89. The summed E-state index contributed by atoms with van der Waals surface area (Å²) in [5.74, 6) is 0.679. The Balaban J connectivity index is 2.24. The molecule has 0 amide bonds. The van der Waals surface area contributed by atoms with Gasteiger partial charge in [-0.15, -0.1) is 0 Å². The summed E-state index contributed by atoms with van der Waals surface area (Å²) in [6, 6.07) is 6.48. The van der Waals surface area contributed by atoms with Crippen molar-refractivity contribution in [3.05, 3.63) is 24.3 Å². The van der Waals surface area contributed by atoms with Crippen molar-refractivity contribution in [1.82, 2.24) is 4.31 Å². The zero-order valence-electron chi connectivity index (χ0n) is 11.1. The van der Waals surface area contributed by atoms with Crippen LogP contribution >= 0.6 is 0 Å². The lowest BCUT2D eigenvalue weighted by atomic mass is 10.2. The van der Waals surface area contributed by atoms with Gasteiger partial charge in [0, 0.05) is 19.1 Å². The normalized spacial score (nSPS) is 20.6. The topological polar surface area (TPSA) is 72.6 Å². The van der Waals surface area contributed by atoms with Crippen LogP contribution in [-0.4, -0.2) is 38.5 Å². The van der Waals surface area contributed by atoms with E-state index in [0.717, 1.165) is 12.8 Å². The third kappa shape index (κ3) is 2.91. The van der Waals surface area contributed by atoms with Gasteiger partial charge in [-0.3, -0.25) is 0 Å². The summed E-state index contributed by atoms with van der Waals surface area (Å²) < 4.78 is 31.8. The lowest BCUT2D eigenvalue weighted by molar-refractivity contribution is 0.340. The van der Waals surface area contributed by atoms with Gasteiger partial charge in [0.2, 0.25) is 10.0 Å². The van der Waals surface area contributed by atoms with E-state index in [1.165, 1.54) is 4.31 Å².